The highest BCUT2D eigenvalue weighted by molar-refractivity contribution is 5.84. The number of hydrogen-bond acceptors (Lipinski definition) is 4. The monoisotopic (exact) mass is 452 g/mol. The van der Waals surface area contributed by atoms with E-state index in [0.717, 1.165) is 22.3 Å². The summed E-state index contributed by atoms with van der Waals surface area (Å²) in [7, 11) is 0. The molecule has 3 rings (SSSR count). The molecule has 7 nitrogen and oxygen atoms in total. The predicted octanol–water partition coefficient (Wildman–Crippen LogP) is 4.17. The molecule has 33 heavy (non-hydrogen) atoms. The number of ether oxygens (including phenoxy) is 1. The second-order valence-electron chi connectivity index (χ2n) is 8.62. The second kappa shape index (κ2) is 10.5. The fourth-order valence-corrected chi connectivity index (χ4v) is 4.31. The number of carboxylic acids is 1. The first kappa shape index (κ1) is 24.3. The number of carbonyl (C=O) groups excluding carboxylic acids is 2. The second-order valence-corrected chi connectivity index (χ2v) is 8.62. The molecule has 0 aromatic heterocycles. The fourth-order valence-electron chi connectivity index (χ4n) is 4.31. The van der Waals surface area contributed by atoms with E-state index < -0.39 is 23.4 Å². The van der Waals surface area contributed by atoms with Crippen molar-refractivity contribution in [2.45, 2.75) is 39.5 Å². The Hall–Kier alpha value is -3.35. The van der Waals surface area contributed by atoms with E-state index in [2.05, 4.69) is 34.9 Å². The minimum Gasteiger partial charge on any atom is -0.481 e. The molecule has 1 aliphatic rings. The smallest absolute Gasteiger partial charge is 0.407 e. The van der Waals surface area contributed by atoms with E-state index in [4.69, 9.17) is 9.84 Å². The van der Waals surface area contributed by atoms with E-state index in [-0.39, 0.29) is 31.5 Å². The Bertz CT molecular complexity index is 970. The molecule has 2 aromatic carbocycles. The Morgan fingerprint density at radius 2 is 1.52 bits per heavy atom. The van der Waals surface area contributed by atoms with Crippen LogP contribution >= 0.6 is 0 Å². The van der Waals surface area contributed by atoms with Crippen molar-refractivity contribution in [3.8, 4) is 11.1 Å². The number of alkyl carbamates (subject to hydrolysis) is 1. The summed E-state index contributed by atoms with van der Waals surface area (Å²) in [6.07, 6.45) is 0.427. The predicted molar refractivity (Wildman–Crippen MR) is 126 cm³/mol. The summed E-state index contributed by atoms with van der Waals surface area (Å²) in [6, 6.07) is 16.2. The van der Waals surface area contributed by atoms with Crippen molar-refractivity contribution < 1.29 is 24.2 Å². The molecular weight excluding hydrogens is 420 g/mol. The Labute approximate surface area is 194 Å². The van der Waals surface area contributed by atoms with Crippen molar-refractivity contribution in [3.05, 3.63) is 59.7 Å². The quantitative estimate of drug-likeness (QED) is 0.502. The molecule has 1 unspecified atom stereocenters. The highest BCUT2D eigenvalue weighted by Crippen LogP contribution is 2.44. The molecule has 2 aromatic rings. The maximum atomic E-state index is 12.8. The molecule has 7 heteroatoms. The summed E-state index contributed by atoms with van der Waals surface area (Å²) in [6.45, 7) is 5.65. The van der Waals surface area contributed by atoms with Crippen LogP contribution < -0.4 is 10.6 Å². The molecule has 0 aliphatic heterocycles. The van der Waals surface area contributed by atoms with Gasteiger partial charge < -0.3 is 20.5 Å². The van der Waals surface area contributed by atoms with Gasteiger partial charge in [0.2, 0.25) is 5.91 Å². The number of hydrogen-bond donors (Lipinski definition) is 3. The molecule has 2 amide bonds. The molecule has 0 saturated heterocycles. The van der Waals surface area contributed by atoms with Crippen LogP contribution in [-0.4, -0.2) is 42.8 Å². The molecule has 176 valence electrons. The van der Waals surface area contributed by atoms with Crippen molar-refractivity contribution in [1.29, 1.82) is 0 Å². The maximum absolute atomic E-state index is 12.8. The van der Waals surface area contributed by atoms with E-state index in [0.29, 0.717) is 12.8 Å². The van der Waals surface area contributed by atoms with Gasteiger partial charge in [-0.05, 0) is 35.1 Å². The summed E-state index contributed by atoms with van der Waals surface area (Å²) in [4.78, 5) is 36.4. The van der Waals surface area contributed by atoms with Crippen LogP contribution in [-0.2, 0) is 14.3 Å². The van der Waals surface area contributed by atoms with Gasteiger partial charge in [-0.3, -0.25) is 9.59 Å². The number of carboxylic acid groups (broad SMARTS) is 1. The first-order valence-corrected chi connectivity index (χ1v) is 11.4. The minimum atomic E-state index is -0.967. The third-order valence-electron chi connectivity index (χ3n) is 6.74. The first-order valence-electron chi connectivity index (χ1n) is 11.4. The van der Waals surface area contributed by atoms with E-state index in [1.165, 1.54) is 6.92 Å². The van der Waals surface area contributed by atoms with Crippen LogP contribution in [0.25, 0.3) is 11.1 Å². The average molecular weight is 453 g/mol. The largest absolute Gasteiger partial charge is 0.481 e. The summed E-state index contributed by atoms with van der Waals surface area (Å²) in [5.41, 5.74) is 3.75. The number of amides is 2. The molecule has 0 bridgehead atoms. The lowest BCUT2D eigenvalue weighted by atomic mass is 9.81. The van der Waals surface area contributed by atoms with Crippen LogP contribution in [0.1, 0.15) is 50.7 Å². The van der Waals surface area contributed by atoms with Gasteiger partial charge in [-0.15, -0.1) is 0 Å². The number of fused-ring (bicyclic) bond motifs is 3. The van der Waals surface area contributed by atoms with E-state index in [1.54, 1.807) is 0 Å². The van der Waals surface area contributed by atoms with Crippen molar-refractivity contribution in [2.24, 2.45) is 11.3 Å². The normalized spacial score (nSPS) is 13.5. The van der Waals surface area contributed by atoms with Crippen LogP contribution in [0, 0.1) is 11.3 Å². The molecular formula is C26H32N2O5. The summed E-state index contributed by atoms with van der Waals surface area (Å²) in [5.74, 6) is -1.95. The highest BCUT2D eigenvalue weighted by Gasteiger charge is 2.36. The lowest BCUT2D eigenvalue weighted by molar-refractivity contribution is -0.141. The average Bonchev–Trinajstić information content (AvgIpc) is 3.15. The topological polar surface area (TPSA) is 105 Å². The van der Waals surface area contributed by atoms with Gasteiger partial charge in [-0.2, -0.15) is 0 Å². The van der Waals surface area contributed by atoms with Gasteiger partial charge in [-0.1, -0.05) is 69.3 Å². The zero-order valence-corrected chi connectivity index (χ0v) is 19.4. The van der Waals surface area contributed by atoms with Crippen molar-refractivity contribution in [1.82, 2.24) is 10.6 Å². The van der Waals surface area contributed by atoms with Crippen LogP contribution in [0.4, 0.5) is 4.79 Å². The van der Waals surface area contributed by atoms with E-state index in [1.807, 2.05) is 38.1 Å². The van der Waals surface area contributed by atoms with Crippen LogP contribution in [0.2, 0.25) is 0 Å². The summed E-state index contributed by atoms with van der Waals surface area (Å²) >= 11 is 0. The van der Waals surface area contributed by atoms with E-state index in [9.17, 15) is 14.4 Å². The Morgan fingerprint density at radius 3 is 2.03 bits per heavy atom. The number of rotatable bonds is 10. The first-order chi connectivity index (χ1) is 15.8. The third kappa shape index (κ3) is 5.18. The Morgan fingerprint density at radius 1 is 0.970 bits per heavy atom. The van der Waals surface area contributed by atoms with Crippen molar-refractivity contribution >= 4 is 18.0 Å². The lowest BCUT2D eigenvalue weighted by Crippen LogP contribution is -2.49. The van der Waals surface area contributed by atoms with Gasteiger partial charge in [0.1, 0.15) is 6.61 Å². The summed E-state index contributed by atoms with van der Waals surface area (Å²) < 4.78 is 5.57. The zero-order chi connectivity index (χ0) is 24.0. The van der Waals surface area contributed by atoms with Crippen molar-refractivity contribution in [3.63, 3.8) is 0 Å². The number of aliphatic carboxylic acids is 1. The van der Waals surface area contributed by atoms with Crippen LogP contribution in [0.15, 0.2) is 48.5 Å². The molecule has 0 heterocycles. The molecule has 3 N–H and O–H groups in total. The highest BCUT2D eigenvalue weighted by atomic mass is 16.5. The van der Waals surface area contributed by atoms with Gasteiger partial charge in [0, 0.05) is 19.0 Å². The molecule has 1 aliphatic carbocycles. The third-order valence-corrected chi connectivity index (χ3v) is 6.74. The molecule has 0 fully saturated rings. The zero-order valence-electron chi connectivity index (χ0n) is 19.4. The van der Waals surface area contributed by atoms with Crippen molar-refractivity contribution in [2.75, 3.05) is 19.7 Å². The fraction of sp³-hybridized carbons (Fsp3) is 0.423. The number of benzene rings is 2. The van der Waals surface area contributed by atoms with Gasteiger partial charge >= 0.3 is 12.1 Å². The SMILES string of the molecule is CCC(CC)(CNC(=O)OCC1c2ccccc2-c2ccccc21)C(=O)NCC(C)C(=O)O. The van der Waals surface area contributed by atoms with Crippen LogP contribution in [0.3, 0.4) is 0 Å². The standard InChI is InChI=1S/C26H32N2O5/c1-4-26(5-2,24(31)27-14-17(3)23(29)30)16-28-25(32)33-15-22-20-12-8-6-10-18(20)19-11-7-9-13-21(19)22/h6-13,17,22H,4-5,14-16H2,1-3H3,(H,27,31)(H,28,32)(H,29,30). The van der Waals surface area contributed by atoms with Crippen LogP contribution in [0.5, 0.6) is 0 Å². The lowest BCUT2D eigenvalue weighted by Gasteiger charge is -2.30. The number of carbonyl (C=O) groups is 3. The Kier molecular flexibility index (Phi) is 7.74. The Balaban J connectivity index is 1.60. The number of nitrogens with one attached hydrogen (secondary N) is 2. The molecule has 0 radical (unpaired) electrons. The molecule has 0 spiro atoms. The minimum absolute atomic E-state index is 0.0361. The van der Waals surface area contributed by atoms with Gasteiger partial charge in [0.05, 0.1) is 11.3 Å². The summed E-state index contributed by atoms with van der Waals surface area (Å²) in [5, 5.41) is 14.5. The van der Waals surface area contributed by atoms with Gasteiger partial charge in [0.15, 0.2) is 0 Å². The van der Waals surface area contributed by atoms with Gasteiger partial charge in [0.25, 0.3) is 0 Å². The maximum Gasteiger partial charge on any atom is 0.407 e. The molecule has 0 saturated carbocycles. The van der Waals surface area contributed by atoms with E-state index >= 15 is 0 Å². The molecule has 1 atom stereocenters. The van der Waals surface area contributed by atoms with Gasteiger partial charge in [-0.25, -0.2) is 4.79 Å².